The van der Waals surface area contributed by atoms with Gasteiger partial charge in [0.15, 0.2) is 0 Å². The van der Waals surface area contributed by atoms with Crippen molar-refractivity contribution in [1.29, 1.82) is 0 Å². The van der Waals surface area contributed by atoms with Crippen molar-refractivity contribution in [2.24, 2.45) is 0 Å². The lowest BCUT2D eigenvalue weighted by atomic mass is 10.1. The summed E-state index contributed by atoms with van der Waals surface area (Å²) in [5.74, 6) is -0.00462. The minimum Gasteiger partial charge on any atom is -0.488 e. The van der Waals surface area contributed by atoms with Gasteiger partial charge in [-0.3, -0.25) is 19.3 Å². The first-order valence-electron chi connectivity index (χ1n) is 11.4. The average Bonchev–Trinajstić information content (AvgIpc) is 3.00. The largest absolute Gasteiger partial charge is 0.488 e. The minimum atomic E-state index is -0.442. The van der Waals surface area contributed by atoms with Gasteiger partial charge in [0.05, 0.1) is 4.91 Å². The third-order valence-electron chi connectivity index (χ3n) is 5.86. The van der Waals surface area contributed by atoms with Gasteiger partial charge in [0.2, 0.25) is 5.91 Å². The Morgan fingerprint density at radius 2 is 1.85 bits per heavy atom. The fourth-order valence-corrected chi connectivity index (χ4v) is 5.27. The number of carbonyl (C=O) groups is 3. The first kappa shape index (κ1) is 24.5. The Kier molecular flexibility index (Phi) is 8.11. The number of carbonyl (C=O) groups excluding carboxylic acids is 3. The Hall–Kier alpha value is -2.58. The summed E-state index contributed by atoms with van der Waals surface area (Å²) >= 11 is 4.33. The number of likely N-dealkylation sites (tertiary alicyclic amines) is 1. The fourth-order valence-electron chi connectivity index (χ4n) is 4.06. The maximum Gasteiger partial charge on any atom is 0.294 e. The predicted molar refractivity (Wildman–Crippen MR) is 137 cm³/mol. The number of hydrogen-bond acceptors (Lipinski definition) is 5. The van der Waals surface area contributed by atoms with E-state index in [-0.39, 0.29) is 17.4 Å². The van der Waals surface area contributed by atoms with E-state index in [0.717, 1.165) is 57.9 Å². The van der Waals surface area contributed by atoms with Crippen molar-refractivity contribution in [2.75, 3.05) is 19.6 Å². The third kappa shape index (κ3) is 6.10. The zero-order valence-electron chi connectivity index (χ0n) is 19.1. The molecule has 0 saturated carbocycles. The topological polar surface area (TPSA) is 66.9 Å². The molecule has 34 heavy (non-hydrogen) atoms. The van der Waals surface area contributed by atoms with E-state index in [0.29, 0.717) is 31.0 Å². The summed E-state index contributed by atoms with van der Waals surface area (Å²) < 4.78 is 6.87. The molecule has 2 fully saturated rings. The average molecular weight is 543 g/mol. The quantitative estimate of drug-likeness (QED) is 0.433. The molecule has 2 aliphatic heterocycles. The Balaban J connectivity index is 1.49. The first-order valence-corrected chi connectivity index (χ1v) is 13.0. The monoisotopic (exact) mass is 542 g/mol. The SMILES string of the molecule is Cc1cccc(COc2ccc(Br)cc2C=C2SC(=O)N(CC(=O)N3CCCCCC3)C2=O)c1. The molecular weight excluding hydrogens is 516 g/mol. The van der Waals surface area contributed by atoms with Crippen LogP contribution in [0.2, 0.25) is 0 Å². The normalized spacial score (nSPS) is 17.9. The smallest absolute Gasteiger partial charge is 0.294 e. The Morgan fingerprint density at radius 3 is 2.59 bits per heavy atom. The van der Waals surface area contributed by atoms with Crippen LogP contribution in [-0.2, 0) is 16.2 Å². The van der Waals surface area contributed by atoms with Crippen LogP contribution in [0.3, 0.4) is 0 Å². The molecule has 0 radical (unpaired) electrons. The number of amides is 3. The van der Waals surface area contributed by atoms with E-state index >= 15 is 0 Å². The number of aryl methyl sites for hydroxylation is 1. The summed E-state index contributed by atoms with van der Waals surface area (Å²) in [6.45, 7) is 3.57. The molecule has 2 aromatic carbocycles. The van der Waals surface area contributed by atoms with Crippen molar-refractivity contribution in [1.82, 2.24) is 9.80 Å². The molecule has 8 heteroatoms. The molecule has 3 amide bonds. The molecule has 2 saturated heterocycles. The molecule has 2 aliphatic rings. The van der Waals surface area contributed by atoms with E-state index in [9.17, 15) is 14.4 Å². The van der Waals surface area contributed by atoms with Gasteiger partial charge in [0, 0.05) is 23.1 Å². The number of thioether (sulfide) groups is 1. The van der Waals surface area contributed by atoms with Crippen LogP contribution in [0.5, 0.6) is 5.75 Å². The third-order valence-corrected chi connectivity index (χ3v) is 7.26. The molecule has 0 unspecified atom stereocenters. The van der Waals surface area contributed by atoms with Crippen molar-refractivity contribution < 1.29 is 19.1 Å². The highest BCUT2D eigenvalue weighted by Crippen LogP contribution is 2.35. The molecular formula is C26H27BrN2O4S. The molecule has 2 heterocycles. The number of halogens is 1. The van der Waals surface area contributed by atoms with Gasteiger partial charge in [-0.25, -0.2) is 0 Å². The lowest BCUT2D eigenvalue weighted by Crippen LogP contribution is -2.42. The van der Waals surface area contributed by atoms with Gasteiger partial charge in [0.1, 0.15) is 18.9 Å². The Labute approximate surface area is 212 Å². The number of nitrogens with zero attached hydrogens (tertiary/aromatic N) is 2. The summed E-state index contributed by atoms with van der Waals surface area (Å²) in [4.78, 5) is 41.4. The van der Waals surface area contributed by atoms with Crippen LogP contribution in [0.1, 0.15) is 42.4 Å². The number of imide groups is 1. The van der Waals surface area contributed by atoms with Gasteiger partial charge < -0.3 is 9.64 Å². The second-order valence-electron chi connectivity index (χ2n) is 8.52. The summed E-state index contributed by atoms with van der Waals surface area (Å²) in [6.07, 6.45) is 5.80. The van der Waals surface area contributed by atoms with Gasteiger partial charge in [-0.1, -0.05) is 58.6 Å². The minimum absolute atomic E-state index is 0.171. The molecule has 0 aliphatic carbocycles. The van der Waals surface area contributed by atoms with E-state index in [2.05, 4.69) is 22.0 Å². The lowest BCUT2D eigenvalue weighted by Gasteiger charge is -2.22. The van der Waals surface area contributed by atoms with Crippen LogP contribution >= 0.6 is 27.7 Å². The molecule has 0 spiro atoms. The van der Waals surface area contributed by atoms with Gasteiger partial charge in [0.25, 0.3) is 11.1 Å². The summed E-state index contributed by atoms with van der Waals surface area (Å²) in [5, 5.41) is -0.420. The van der Waals surface area contributed by atoms with Crippen LogP contribution in [0.25, 0.3) is 6.08 Å². The predicted octanol–water partition coefficient (Wildman–Crippen LogP) is 5.78. The highest BCUT2D eigenvalue weighted by molar-refractivity contribution is 9.10. The molecule has 2 aromatic rings. The van der Waals surface area contributed by atoms with Crippen molar-refractivity contribution in [3.8, 4) is 5.75 Å². The zero-order chi connectivity index (χ0) is 24.1. The molecule has 0 aromatic heterocycles. The van der Waals surface area contributed by atoms with Crippen molar-refractivity contribution in [3.63, 3.8) is 0 Å². The molecule has 4 rings (SSSR count). The van der Waals surface area contributed by atoms with Gasteiger partial charge in [-0.05, 0) is 61.4 Å². The van der Waals surface area contributed by atoms with Crippen molar-refractivity contribution >= 4 is 50.8 Å². The maximum atomic E-state index is 13.0. The second kappa shape index (κ2) is 11.2. The van der Waals surface area contributed by atoms with Gasteiger partial charge in [-0.2, -0.15) is 0 Å². The number of benzene rings is 2. The molecule has 0 bridgehead atoms. The maximum absolute atomic E-state index is 13.0. The number of rotatable bonds is 6. The number of hydrogen-bond donors (Lipinski definition) is 0. The van der Waals surface area contributed by atoms with E-state index < -0.39 is 11.1 Å². The fraction of sp³-hybridized carbons (Fsp3) is 0.346. The van der Waals surface area contributed by atoms with Crippen molar-refractivity contribution in [3.05, 3.63) is 68.5 Å². The summed E-state index contributed by atoms with van der Waals surface area (Å²) in [7, 11) is 0. The van der Waals surface area contributed by atoms with E-state index in [1.54, 1.807) is 11.0 Å². The molecule has 0 N–H and O–H groups in total. The highest BCUT2D eigenvalue weighted by atomic mass is 79.9. The van der Waals surface area contributed by atoms with Crippen molar-refractivity contribution in [2.45, 2.75) is 39.2 Å². The second-order valence-corrected chi connectivity index (χ2v) is 10.4. The molecule has 178 valence electrons. The van der Waals surface area contributed by atoms with Crippen LogP contribution in [0.15, 0.2) is 51.8 Å². The van der Waals surface area contributed by atoms with E-state index in [4.69, 9.17) is 4.74 Å². The highest BCUT2D eigenvalue weighted by Gasteiger charge is 2.37. The summed E-state index contributed by atoms with van der Waals surface area (Å²) in [5.41, 5.74) is 2.88. The standard InChI is InChI=1S/C26H27BrN2O4S/c1-18-7-6-8-19(13-18)17-33-22-10-9-21(27)14-20(22)15-23-25(31)29(26(32)34-23)16-24(30)28-11-4-2-3-5-12-28/h6-10,13-15H,2-5,11-12,16-17H2,1H3. The van der Waals surface area contributed by atoms with E-state index in [1.807, 2.05) is 43.3 Å². The van der Waals surface area contributed by atoms with E-state index in [1.165, 1.54) is 0 Å². The van der Waals surface area contributed by atoms with Gasteiger partial charge >= 0.3 is 0 Å². The van der Waals surface area contributed by atoms with Crippen LogP contribution in [0.4, 0.5) is 4.79 Å². The zero-order valence-corrected chi connectivity index (χ0v) is 21.5. The Morgan fingerprint density at radius 1 is 1.09 bits per heavy atom. The van der Waals surface area contributed by atoms with Crippen LogP contribution in [0, 0.1) is 6.92 Å². The molecule has 0 atom stereocenters. The summed E-state index contributed by atoms with van der Waals surface area (Å²) in [6, 6.07) is 13.6. The lowest BCUT2D eigenvalue weighted by molar-refractivity contribution is -0.135. The van der Waals surface area contributed by atoms with Gasteiger partial charge in [-0.15, -0.1) is 0 Å². The van der Waals surface area contributed by atoms with Crippen LogP contribution < -0.4 is 4.74 Å². The van der Waals surface area contributed by atoms with Crippen LogP contribution in [-0.4, -0.2) is 46.5 Å². The number of ether oxygens (including phenoxy) is 1. The molecule has 6 nitrogen and oxygen atoms in total. The first-order chi connectivity index (χ1) is 16.4. The Bertz CT molecular complexity index is 1130.